The van der Waals surface area contributed by atoms with Crippen LogP contribution in [-0.4, -0.2) is 32.6 Å². The van der Waals surface area contributed by atoms with E-state index in [1.165, 1.54) is 0 Å². The van der Waals surface area contributed by atoms with Crippen LogP contribution < -0.4 is 10.9 Å². The molecule has 104 valence electrons. The average Bonchev–Trinajstić information content (AvgIpc) is 2.39. The van der Waals surface area contributed by atoms with Crippen LogP contribution in [0.15, 0.2) is 29.2 Å². The van der Waals surface area contributed by atoms with E-state index in [1.54, 1.807) is 12.1 Å². The standard InChI is InChI=1S/C13H19N3O2S/c14-13-12(9-5-7-16(13)8-6-9)10-3-1-2-4-11(10)19(15,17)18/h1-4,9,12-13H,5-8,14H2,(H2,15,17,18). The van der Waals surface area contributed by atoms with Crippen molar-refractivity contribution < 1.29 is 8.42 Å². The number of nitrogens with two attached hydrogens (primary N) is 2. The Labute approximate surface area is 113 Å². The number of benzene rings is 1. The first-order valence-electron chi connectivity index (χ1n) is 6.60. The predicted molar refractivity (Wildman–Crippen MR) is 72.8 cm³/mol. The van der Waals surface area contributed by atoms with Crippen LogP contribution in [0.1, 0.15) is 24.3 Å². The fourth-order valence-corrected chi connectivity index (χ4v) is 4.34. The van der Waals surface area contributed by atoms with Crippen LogP contribution in [0.5, 0.6) is 0 Å². The third-order valence-electron chi connectivity index (χ3n) is 4.46. The molecule has 0 aromatic heterocycles. The molecule has 3 saturated heterocycles. The highest BCUT2D eigenvalue weighted by Crippen LogP contribution is 2.43. The summed E-state index contributed by atoms with van der Waals surface area (Å²) < 4.78 is 23.5. The number of hydrogen-bond acceptors (Lipinski definition) is 4. The van der Waals surface area contributed by atoms with E-state index in [-0.39, 0.29) is 17.0 Å². The summed E-state index contributed by atoms with van der Waals surface area (Å²) in [4.78, 5) is 2.47. The van der Waals surface area contributed by atoms with E-state index in [0.29, 0.717) is 5.92 Å². The Kier molecular flexibility index (Phi) is 3.13. The molecule has 0 radical (unpaired) electrons. The fourth-order valence-electron chi connectivity index (χ4n) is 3.54. The molecule has 0 amide bonds. The third kappa shape index (κ3) is 2.18. The van der Waals surface area contributed by atoms with Gasteiger partial charge in [0.05, 0.1) is 11.1 Å². The molecular weight excluding hydrogens is 262 g/mol. The van der Waals surface area contributed by atoms with Crippen molar-refractivity contribution in [1.82, 2.24) is 4.90 Å². The summed E-state index contributed by atoms with van der Waals surface area (Å²) in [5.41, 5.74) is 7.08. The molecule has 4 N–H and O–H groups in total. The third-order valence-corrected chi connectivity index (χ3v) is 5.44. The maximum Gasteiger partial charge on any atom is 0.238 e. The highest BCUT2D eigenvalue weighted by molar-refractivity contribution is 7.89. The molecule has 0 spiro atoms. The lowest BCUT2D eigenvalue weighted by molar-refractivity contribution is 0.0278. The molecule has 3 aliphatic rings. The molecule has 1 aromatic carbocycles. The van der Waals surface area contributed by atoms with Gasteiger partial charge in [0.2, 0.25) is 10.0 Å². The molecule has 0 aliphatic carbocycles. The van der Waals surface area contributed by atoms with Crippen molar-refractivity contribution in [2.75, 3.05) is 13.1 Å². The Hall–Kier alpha value is -0.950. The van der Waals surface area contributed by atoms with E-state index in [0.717, 1.165) is 31.5 Å². The topological polar surface area (TPSA) is 89.4 Å². The van der Waals surface area contributed by atoms with Gasteiger partial charge in [0, 0.05) is 5.92 Å². The molecule has 0 saturated carbocycles. The fraction of sp³-hybridized carbons (Fsp3) is 0.538. The van der Waals surface area contributed by atoms with Crippen molar-refractivity contribution in [3.8, 4) is 0 Å². The summed E-state index contributed by atoms with van der Waals surface area (Å²) in [6.45, 7) is 2.03. The SMILES string of the molecule is NC1C(c2ccccc2S(N)(=O)=O)C2CCN1CC2. The highest BCUT2D eigenvalue weighted by atomic mass is 32.2. The molecular formula is C13H19N3O2S. The molecule has 2 bridgehead atoms. The van der Waals surface area contributed by atoms with Crippen LogP contribution in [0.2, 0.25) is 0 Å². The van der Waals surface area contributed by atoms with Gasteiger partial charge in [-0.1, -0.05) is 18.2 Å². The van der Waals surface area contributed by atoms with Crippen molar-refractivity contribution >= 4 is 10.0 Å². The molecule has 2 atom stereocenters. The molecule has 3 fully saturated rings. The number of piperidine rings is 3. The van der Waals surface area contributed by atoms with Gasteiger partial charge in [-0.05, 0) is 43.5 Å². The van der Waals surface area contributed by atoms with Crippen LogP contribution in [0, 0.1) is 5.92 Å². The van der Waals surface area contributed by atoms with Crippen molar-refractivity contribution in [3.63, 3.8) is 0 Å². The van der Waals surface area contributed by atoms with Gasteiger partial charge in [-0.25, -0.2) is 13.6 Å². The maximum atomic E-state index is 11.7. The zero-order valence-corrected chi connectivity index (χ0v) is 11.5. The monoisotopic (exact) mass is 281 g/mol. The Morgan fingerprint density at radius 1 is 1.16 bits per heavy atom. The first-order valence-corrected chi connectivity index (χ1v) is 8.14. The number of primary sulfonamides is 1. The quantitative estimate of drug-likeness (QED) is 0.822. The normalized spacial score (nSPS) is 34.4. The van der Waals surface area contributed by atoms with E-state index in [4.69, 9.17) is 10.9 Å². The van der Waals surface area contributed by atoms with E-state index >= 15 is 0 Å². The minimum Gasteiger partial charge on any atom is -0.315 e. The minimum absolute atomic E-state index is 0.0667. The number of hydrogen-bond donors (Lipinski definition) is 2. The molecule has 2 unspecified atom stereocenters. The van der Waals surface area contributed by atoms with Crippen LogP contribution in [0.4, 0.5) is 0 Å². The van der Waals surface area contributed by atoms with Gasteiger partial charge >= 0.3 is 0 Å². The van der Waals surface area contributed by atoms with E-state index in [9.17, 15) is 8.42 Å². The van der Waals surface area contributed by atoms with Crippen LogP contribution in [0.3, 0.4) is 0 Å². The first kappa shape index (κ1) is 13.1. The summed E-state index contributed by atoms with van der Waals surface area (Å²) in [7, 11) is -3.70. The average molecular weight is 281 g/mol. The smallest absolute Gasteiger partial charge is 0.238 e. The second-order valence-electron chi connectivity index (χ2n) is 5.47. The minimum atomic E-state index is -3.70. The van der Waals surface area contributed by atoms with Gasteiger partial charge in [-0.2, -0.15) is 0 Å². The van der Waals surface area contributed by atoms with E-state index in [2.05, 4.69) is 4.90 Å². The molecule has 4 rings (SSSR count). The Morgan fingerprint density at radius 3 is 2.37 bits per heavy atom. The Morgan fingerprint density at radius 2 is 1.79 bits per heavy atom. The lowest BCUT2D eigenvalue weighted by Crippen LogP contribution is -2.57. The summed E-state index contributed by atoms with van der Waals surface area (Å²) in [5, 5.41) is 5.33. The van der Waals surface area contributed by atoms with Crippen molar-refractivity contribution in [3.05, 3.63) is 29.8 Å². The zero-order valence-electron chi connectivity index (χ0n) is 10.7. The number of nitrogens with zero attached hydrogens (tertiary/aromatic N) is 1. The summed E-state index contributed by atoms with van der Waals surface area (Å²) in [5.74, 6) is 0.528. The van der Waals surface area contributed by atoms with Crippen LogP contribution in [0.25, 0.3) is 0 Å². The van der Waals surface area contributed by atoms with Crippen LogP contribution >= 0.6 is 0 Å². The second kappa shape index (κ2) is 4.56. The molecule has 1 aromatic rings. The molecule has 5 nitrogen and oxygen atoms in total. The lowest BCUT2D eigenvalue weighted by atomic mass is 9.73. The maximum absolute atomic E-state index is 11.7. The molecule has 6 heteroatoms. The largest absolute Gasteiger partial charge is 0.315 e. The Balaban J connectivity index is 2.08. The second-order valence-corrected chi connectivity index (χ2v) is 7.00. The van der Waals surface area contributed by atoms with Gasteiger partial charge in [-0.3, -0.25) is 4.90 Å². The van der Waals surface area contributed by atoms with Gasteiger partial charge in [0.1, 0.15) is 0 Å². The summed E-state index contributed by atoms with van der Waals surface area (Å²) >= 11 is 0. The number of rotatable bonds is 2. The van der Waals surface area contributed by atoms with Gasteiger partial charge in [0.25, 0.3) is 0 Å². The van der Waals surface area contributed by atoms with E-state index in [1.807, 2.05) is 12.1 Å². The summed E-state index contributed by atoms with van der Waals surface area (Å²) in [6.07, 6.45) is 2.06. The van der Waals surface area contributed by atoms with Crippen molar-refractivity contribution in [2.24, 2.45) is 16.8 Å². The Bertz CT molecular complexity index is 577. The van der Waals surface area contributed by atoms with Gasteiger partial charge < -0.3 is 5.73 Å². The van der Waals surface area contributed by atoms with Gasteiger partial charge in [-0.15, -0.1) is 0 Å². The predicted octanol–water partition coefficient (Wildman–Crippen LogP) is 0.428. The van der Waals surface area contributed by atoms with Crippen molar-refractivity contribution in [1.29, 1.82) is 0 Å². The highest BCUT2D eigenvalue weighted by Gasteiger charge is 2.42. The summed E-state index contributed by atoms with van der Waals surface area (Å²) in [6, 6.07) is 6.99. The lowest BCUT2D eigenvalue weighted by Gasteiger charge is -2.50. The first-order chi connectivity index (χ1) is 8.98. The number of fused-ring (bicyclic) bond motifs is 3. The van der Waals surface area contributed by atoms with Crippen LogP contribution in [-0.2, 0) is 10.0 Å². The zero-order chi connectivity index (χ0) is 13.6. The van der Waals surface area contributed by atoms with Gasteiger partial charge in [0.15, 0.2) is 0 Å². The van der Waals surface area contributed by atoms with Crippen molar-refractivity contribution in [2.45, 2.75) is 29.8 Å². The molecule has 3 aliphatic heterocycles. The molecule has 3 heterocycles. The molecule has 19 heavy (non-hydrogen) atoms. The van der Waals surface area contributed by atoms with E-state index < -0.39 is 10.0 Å². The number of sulfonamides is 1.